The number of hydrogen-bond acceptors (Lipinski definition) is 4. The van der Waals surface area contributed by atoms with Crippen molar-refractivity contribution in [1.29, 1.82) is 0 Å². The molecule has 2 heterocycles. The zero-order chi connectivity index (χ0) is 6.81. The maximum absolute atomic E-state index is 5.45. The predicted molar refractivity (Wildman–Crippen MR) is 44.4 cm³/mol. The molecule has 0 spiro atoms. The Labute approximate surface area is 69.0 Å². The van der Waals surface area contributed by atoms with Crippen LogP contribution in [-0.2, 0) is 9.47 Å². The molecule has 58 valence electrons. The van der Waals surface area contributed by atoms with Gasteiger partial charge in [0.1, 0.15) is 10.9 Å². The molecular formula is C6H10O2S2. The second-order valence-electron chi connectivity index (χ2n) is 2.22. The number of hydrogen-bond donors (Lipinski definition) is 0. The van der Waals surface area contributed by atoms with Crippen molar-refractivity contribution < 1.29 is 9.47 Å². The largest absolute Gasteiger partial charge is 0.363 e. The van der Waals surface area contributed by atoms with Crippen LogP contribution >= 0.6 is 23.5 Å². The Balaban J connectivity index is 1.85. The summed E-state index contributed by atoms with van der Waals surface area (Å²) < 4.78 is 10.9. The molecule has 0 aromatic heterocycles. The first kappa shape index (κ1) is 7.28. The molecule has 2 atom stereocenters. The summed E-state index contributed by atoms with van der Waals surface area (Å²) in [5, 5.41) is 0. The van der Waals surface area contributed by atoms with Crippen molar-refractivity contribution in [3.63, 3.8) is 0 Å². The van der Waals surface area contributed by atoms with Gasteiger partial charge in [-0.3, -0.25) is 0 Å². The van der Waals surface area contributed by atoms with E-state index >= 15 is 0 Å². The molecule has 2 rings (SSSR count). The van der Waals surface area contributed by atoms with Crippen LogP contribution in [0.4, 0.5) is 0 Å². The van der Waals surface area contributed by atoms with E-state index in [2.05, 4.69) is 0 Å². The monoisotopic (exact) mass is 178 g/mol. The van der Waals surface area contributed by atoms with Gasteiger partial charge < -0.3 is 9.47 Å². The molecule has 2 aliphatic rings. The molecule has 2 aliphatic heterocycles. The quantitative estimate of drug-likeness (QED) is 0.599. The fourth-order valence-electron chi connectivity index (χ4n) is 1.07. The summed E-state index contributed by atoms with van der Waals surface area (Å²) in [6.45, 7) is 1.80. The van der Waals surface area contributed by atoms with E-state index in [0.717, 1.165) is 24.7 Å². The molecule has 2 nitrogen and oxygen atoms in total. The predicted octanol–water partition coefficient (Wildman–Crippen LogP) is 1.17. The van der Waals surface area contributed by atoms with E-state index in [1.807, 2.05) is 23.5 Å². The Hall–Kier alpha value is 0.620. The highest BCUT2D eigenvalue weighted by Gasteiger charge is 2.30. The van der Waals surface area contributed by atoms with Crippen molar-refractivity contribution in [2.45, 2.75) is 10.9 Å². The number of thioether (sulfide) groups is 2. The zero-order valence-corrected chi connectivity index (χ0v) is 7.25. The summed E-state index contributed by atoms with van der Waals surface area (Å²) in [7, 11) is 0. The first-order chi connectivity index (χ1) is 4.97. The Morgan fingerprint density at radius 2 is 1.40 bits per heavy atom. The van der Waals surface area contributed by atoms with Crippen molar-refractivity contribution >= 4 is 23.5 Å². The average Bonchev–Trinajstić information content (AvgIpc) is 2.59. The Kier molecular flexibility index (Phi) is 2.43. The molecule has 0 bridgehead atoms. The van der Waals surface area contributed by atoms with Gasteiger partial charge in [-0.25, -0.2) is 0 Å². The molecule has 0 aromatic carbocycles. The van der Waals surface area contributed by atoms with Gasteiger partial charge in [-0.1, -0.05) is 0 Å². The highest BCUT2D eigenvalue weighted by molar-refractivity contribution is 8.03. The third-order valence-electron chi connectivity index (χ3n) is 1.52. The van der Waals surface area contributed by atoms with Crippen molar-refractivity contribution in [1.82, 2.24) is 0 Å². The van der Waals surface area contributed by atoms with Crippen LogP contribution in [0, 0.1) is 0 Å². The third-order valence-corrected chi connectivity index (χ3v) is 3.92. The van der Waals surface area contributed by atoms with Crippen molar-refractivity contribution in [2.24, 2.45) is 0 Å². The van der Waals surface area contributed by atoms with Gasteiger partial charge >= 0.3 is 0 Å². The molecule has 0 aromatic rings. The van der Waals surface area contributed by atoms with Crippen LogP contribution in [0.15, 0.2) is 0 Å². The Bertz CT molecular complexity index is 94.3. The molecular weight excluding hydrogens is 168 g/mol. The average molecular weight is 178 g/mol. The van der Waals surface area contributed by atoms with Crippen molar-refractivity contribution in [2.75, 3.05) is 24.7 Å². The lowest BCUT2D eigenvalue weighted by Gasteiger charge is -2.14. The van der Waals surface area contributed by atoms with E-state index in [1.54, 1.807) is 0 Å². The molecule has 0 amide bonds. The van der Waals surface area contributed by atoms with Crippen molar-refractivity contribution in [3.05, 3.63) is 0 Å². The SMILES string of the molecule is C1CSC(C2OCCS2)O1. The second kappa shape index (κ2) is 3.34. The van der Waals surface area contributed by atoms with Gasteiger partial charge in [0.25, 0.3) is 0 Å². The molecule has 2 saturated heterocycles. The van der Waals surface area contributed by atoms with E-state index in [9.17, 15) is 0 Å². The van der Waals surface area contributed by atoms with Crippen LogP contribution in [0.2, 0.25) is 0 Å². The van der Waals surface area contributed by atoms with Crippen LogP contribution in [-0.4, -0.2) is 35.6 Å². The molecule has 0 aliphatic carbocycles. The standard InChI is InChI=1S/C6H10O2S2/c1-3-9-5(7-1)6-8-2-4-10-6/h5-6H,1-4H2. The van der Waals surface area contributed by atoms with Crippen LogP contribution < -0.4 is 0 Å². The lowest BCUT2D eigenvalue weighted by molar-refractivity contribution is 0.0396. The first-order valence-corrected chi connectivity index (χ1v) is 5.53. The van der Waals surface area contributed by atoms with Gasteiger partial charge in [0.2, 0.25) is 0 Å². The summed E-state index contributed by atoms with van der Waals surface area (Å²) in [6.07, 6.45) is 0. The van der Waals surface area contributed by atoms with Crippen LogP contribution in [0.1, 0.15) is 0 Å². The highest BCUT2D eigenvalue weighted by Crippen LogP contribution is 2.33. The second-order valence-corrected chi connectivity index (χ2v) is 4.63. The summed E-state index contributed by atoms with van der Waals surface area (Å²) in [4.78, 5) is 0. The maximum Gasteiger partial charge on any atom is 0.138 e. The number of ether oxygens (including phenoxy) is 2. The minimum atomic E-state index is 0.312. The molecule has 10 heavy (non-hydrogen) atoms. The third kappa shape index (κ3) is 1.44. The topological polar surface area (TPSA) is 18.5 Å². The van der Waals surface area contributed by atoms with E-state index in [0.29, 0.717) is 10.9 Å². The summed E-state index contributed by atoms with van der Waals surface area (Å²) >= 11 is 3.74. The van der Waals surface area contributed by atoms with Gasteiger partial charge in [-0.05, 0) is 0 Å². The van der Waals surface area contributed by atoms with Gasteiger partial charge in [0.15, 0.2) is 0 Å². The van der Waals surface area contributed by atoms with Gasteiger partial charge in [0, 0.05) is 11.5 Å². The smallest absolute Gasteiger partial charge is 0.138 e. The summed E-state index contributed by atoms with van der Waals surface area (Å²) in [5.41, 5.74) is 0.625. The first-order valence-electron chi connectivity index (χ1n) is 3.43. The molecule has 0 N–H and O–H groups in total. The van der Waals surface area contributed by atoms with E-state index in [1.165, 1.54) is 0 Å². The summed E-state index contributed by atoms with van der Waals surface area (Å²) in [5.74, 6) is 2.26. The summed E-state index contributed by atoms with van der Waals surface area (Å²) in [6, 6.07) is 0. The molecule has 2 unspecified atom stereocenters. The fourth-order valence-corrected chi connectivity index (χ4v) is 3.24. The molecule has 0 radical (unpaired) electrons. The Morgan fingerprint density at radius 3 is 1.70 bits per heavy atom. The lowest BCUT2D eigenvalue weighted by atomic mass is 10.7. The Morgan fingerprint density at radius 1 is 0.900 bits per heavy atom. The van der Waals surface area contributed by atoms with Crippen LogP contribution in [0.3, 0.4) is 0 Å². The lowest BCUT2D eigenvalue weighted by Crippen LogP contribution is -2.18. The minimum Gasteiger partial charge on any atom is -0.363 e. The number of rotatable bonds is 1. The van der Waals surface area contributed by atoms with E-state index in [-0.39, 0.29) is 0 Å². The van der Waals surface area contributed by atoms with Crippen LogP contribution in [0.5, 0.6) is 0 Å². The van der Waals surface area contributed by atoms with Gasteiger partial charge in [-0.2, -0.15) is 0 Å². The molecule has 2 fully saturated rings. The maximum atomic E-state index is 5.45. The zero-order valence-electron chi connectivity index (χ0n) is 5.62. The fraction of sp³-hybridized carbons (Fsp3) is 1.00. The van der Waals surface area contributed by atoms with Gasteiger partial charge in [0.05, 0.1) is 13.2 Å². The van der Waals surface area contributed by atoms with E-state index < -0.39 is 0 Å². The molecule has 4 heteroatoms. The van der Waals surface area contributed by atoms with E-state index in [4.69, 9.17) is 9.47 Å². The highest BCUT2D eigenvalue weighted by atomic mass is 32.2. The normalized spacial score (nSPS) is 40.8. The minimum absolute atomic E-state index is 0.312. The molecule has 0 saturated carbocycles. The van der Waals surface area contributed by atoms with Crippen LogP contribution in [0.25, 0.3) is 0 Å². The van der Waals surface area contributed by atoms with Crippen molar-refractivity contribution in [3.8, 4) is 0 Å². The van der Waals surface area contributed by atoms with Gasteiger partial charge in [-0.15, -0.1) is 23.5 Å².